The molecule has 1 aromatic rings. The number of carbonyl (C=O) groups is 2. The topological polar surface area (TPSA) is 67.2 Å². The third-order valence-electron chi connectivity index (χ3n) is 3.86. The first-order valence-electron chi connectivity index (χ1n) is 7.27. The van der Waals surface area contributed by atoms with E-state index in [4.69, 9.17) is 0 Å². The summed E-state index contributed by atoms with van der Waals surface area (Å²) in [5, 5.41) is 7.37. The molecule has 1 aromatic heterocycles. The van der Waals surface area contributed by atoms with E-state index in [0.717, 1.165) is 24.4 Å². The molecule has 6 heteroatoms. The van der Waals surface area contributed by atoms with Crippen LogP contribution in [0.3, 0.4) is 0 Å². The van der Waals surface area contributed by atoms with Gasteiger partial charge in [-0.05, 0) is 26.2 Å². The van der Waals surface area contributed by atoms with Crippen molar-refractivity contribution in [1.82, 2.24) is 15.1 Å². The van der Waals surface area contributed by atoms with Crippen LogP contribution in [0.5, 0.6) is 0 Å². The van der Waals surface area contributed by atoms with E-state index in [2.05, 4.69) is 10.4 Å². The van der Waals surface area contributed by atoms with Crippen molar-refractivity contribution in [2.45, 2.75) is 58.2 Å². The molecule has 1 aliphatic carbocycles. The first-order chi connectivity index (χ1) is 9.60. The molecular formula is C14H20N4O2. The maximum atomic E-state index is 12.4. The molecule has 3 rings (SSSR count). The lowest BCUT2D eigenvalue weighted by Crippen LogP contribution is -2.52. The molecule has 2 heterocycles. The number of amides is 2. The van der Waals surface area contributed by atoms with Crippen LogP contribution in [0, 0.1) is 6.92 Å². The minimum atomic E-state index is -0.432. The van der Waals surface area contributed by atoms with Crippen LogP contribution in [-0.4, -0.2) is 33.7 Å². The summed E-state index contributed by atoms with van der Waals surface area (Å²) in [5.41, 5.74) is 0.872. The lowest BCUT2D eigenvalue weighted by molar-refractivity contribution is -0.127. The third kappa shape index (κ3) is 2.30. The van der Waals surface area contributed by atoms with E-state index in [-0.39, 0.29) is 11.8 Å². The number of carbonyl (C=O) groups excluding carboxylic acids is 2. The van der Waals surface area contributed by atoms with E-state index < -0.39 is 6.04 Å². The number of hydrogen-bond acceptors (Lipinski definition) is 3. The summed E-state index contributed by atoms with van der Waals surface area (Å²) in [4.78, 5) is 26.3. The molecule has 0 radical (unpaired) electrons. The summed E-state index contributed by atoms with van der Waals surface area (Å²) in [5.74, 6) is 0.711. The van der Waals surface area contributed by atoms with Crippen molar-refractivity contribution >= 4 is 17.6 Å². The van der Waals surface area contributed by atoms with E-state index in [1.165, 1.54) is 0 Å². The van der Waals surface area contributed by atoms with Crippen molar-refractivity contribution in [2.75, 3.05) is 4.90 Å². The van der Waals surface area contributed by atoms with Crippen LogP contribution in [0.2, 0.25) is 0 Å². The van der Waals surface area contributed by atoms with Gasteiger partial charge in [0.1, 0.15) is 11.9 Å². The fourth-order valence-corrected chi connectivity index (χ4v) is 2.68. The van der Waals surface area contributed by atoms with Crippen LogP contribution in [0.15, 0.2) is 6.07 Å². The quantitative estimate of drug-likeness (QED) is 0.891. The van der Waals surface area contributed by atoms with Crippen LogP contribution >= 0.6 is 0 Å². The van der Waals surface area contributed by atoms with Crippen LogP contribution < -0.4 is 10.2 Å². The second-order valence-electron chi connectivity index (χ2n) is 5.59. The summed E-state index contributed by atoms with van der Waals surface area (Å²) in [6.45, 7) is 4.44. The zero-order chi connectivity index (χ0) is 14.3. The van der Waals surface area contributed by atoms with Crippen molar-refractivity contribution in [2.24, 2.45) is 0 Å². The second-order valence-corrected chi connectivity index (χ2v) is 5.59. The van der Waals surface area contributed by atoms with Gasteiger partial charge in [0.05, 0.1) is 12.2 Å². The predicted octanol–water partition coefficient (Wildman–Crippen LogP) is 0.985. The molecule has 1 fully saturated rings. The van der Waals surface area contributed by atoms with Gasteiger partial charge < -0.3 is 5.32 Å². The van der Waals surface area contributed by atoms with Gasteiger partial charge in [0.25, 0.3) is 0 Å². The molecule has 108 valence electrons. The molecular weight excluding hydrogens is 256 g/mol. The highest BCUT2D eigenvalue weighted by Gasteiger charge is 2.36. The molecule has 1 saturated carbocycles. The Hall–Kier alpha value is -1.85. The van der Waals surface area contributed by atoms with Gasteiger partial charge in [0.2, 0.25) is 11.8 Å². The molecule has 0 saturated heterocycles. The molecule has 2 amide bonds. The minimum Gasteiger partial charge on any atom is -0.352 e. The minimum absolute atomic E-state index is 0.00944. The zero-order valence-electron chi connectivity index (χ0n) is 11.9. The number of hydrogen-bond donors (Lipinski definition) is 1. The highest BCUT2D eigenvalue weighted by atomic mass is 16.2. The van der Waals surface area contributed by atoms with Crippen LogP contribution in [0.25, 0.3) is 0 Å². The van der Waals surface area contributed by atoms with Gasteiger partial charge in [-0.3, -0.25) is 14.5 Å². The van der Waals surface area contributed by atoms with E-state index in [1.807, 2.05) is 24.6 Å². The Morgan fingerprint density at radius 2 is 2.30 bits per heavy atom. The highest BCUT2D eigenvalue weighted by Crippen LogP contribution is 2.27. The Kier molecular flexibility index (Phi) is 3.23. The fraction of sp³-hybridized carbons (Fsp3) is 0.643. The number of nitrogens with one attached hydrogen (secondary N) is 1. The molecule has 20 heavy (non-hydrogen) atoms. The summed E-state index contributed by atoms with van der Waals surface area (Å²) in [7, 11) is 0. The van der Waals surface area contributed by atoms with Crippen molar-refractivity contribution in [3.05, 3.63) is 11.8 Å². The molecule has 6 nitrogen and oxygen atoms in total. The smallest absolute Gasteiger partial charge is 0.243 e. The number of rotatable bonds is 4. The Morgan fingerprint density at radius 3 is 2.95 bits per heavy atom. The van der Waals surface area contributed by atoms with Gasteiger partial charge in [-0.15, -0.1) is 0 Å². The number of aryl methyl sites for hydroxylation is 2. The zero-order valence-corrected chi connectivity index (χ0v) is 11.9. The number of fused-ring (bicyclic) bond motifs is 1. The Balaban J connectivity index is 1.88. The van der Waals surface area contributed by atoms with Crippen molar-refractivity contribution in [3.8, 4) is 0 Å². The van der Waals surface area contributed by atoms with Crippen molar-refractivity contribution in [3.63, 3.8) is 0 Å². The monoisotopic (exact) mass is 276 g/mol. The van der Waals surface area contributed by atoms with Gasteiger partial charge in [-0.25, -0.2) is 4.68 Å². The van der Waals surface area contributed by atoms with E-state index in [0.29, 0.717) is 25.4 Å². The summed E-state index contributed by atoms with van der Waals surface area (Å²) >= 11 is 0. The SMILES string of the molecule is CC[C@@H](C(=O)NC1CC1)N1C(=O)CCn2nc(C)cc21. The molecule has 0 bridgehead atoms. The summed E-state index contributed by atoms with van der Waals surface area (Å²) in [6.07, 6.45) is 3.11. The Bertz CT molecular complexity index is 547. The van der Waals surface area contributed by atoms with Crippen LogP contribution in [-0.2, 0) is 16.1 Å². The number of anilines is 1. The lowest BCUT2D eigenvalue weighted by Gasteiger charge is -2.33. The number of nitrogens with zero attached hydrogens (tertiary/aromatic N) is 3. The maximum absolute atomic E-state index is 12.4. The van der Waals surface area contributed by atoms with E-state index in [1.54, 1.807) is 4.90 Å². The third-order valence-corrected chi connectivity index (χ3v) is 3.86. The maximum Gasteiger partial charge on any atom is 0.243 e. The van der Waals surface area contributed by atoms with Gasteiger partial charge in [0.15, 0.2) is 0 Å². The Labute approximate surface area is 118 Å². The molecule has 0 aromatic carbocycles. The first-order valence-corrected chi connectivity index (χ1v) is 7.27. The second kappa shape index (κ2) is 4.92. The molecule has 1 aliphatic heterocycles. The average molecular weight is 276 g/mol. The standard InChI is InChI=1S/C14H20N4O2/c1-3-11(14(20)15-10-4-5-10)18-12-8-9(2)16-17(12)7-6-13(18)19/h8,10-11H,3-7H2,1-2H3,(H,15,20)/t11-/m0/s1. The average Bonchev–Trinajstić information content (AvgIpc) is 3.13. The molecule has 0 unspecified atom stereocenters. The van der Waals surface area contributed by atoms with Gasteiger partial charge >= 0.3 is 0 Å². The normalized spacial score (nSPS) is 19.7. The highest BCUT2D eigenvalue weighted by molar-refractivity contribution is 6.01. The van der Waals surface area contributed by atoms with Gasteiger partial charge in [0, 0.05) is 18.5 Å². The van der Waals surface area contributed by atoms with Gasteiger partial charge in [-0.2, -0.15) is 5.10 Å². The molecule has 2 aliphatic rings. The van der Waals surface area contributed by atoms with E-state index in [9.17, 15) is 9.59 Å². The van der Waals surface area contributed by atoms with Crippen LogP contribution in [0.1, 0.15) is 38.3 Å². The molecule has 1 N–H and O–H groups in total. The lowest BCUT2D eigenvalue weighted by atomic mass is 10.1. The predicted molar refractivity (Wildman–Crippen MR) is 74.3 cm³/mol. The van der Waals surface area contributed by atoms with Crippen LogP contribution in [0.4, 0.5) is 5.82 Å². The largest absolute Gasteiger partial charge is 0.352 e. The summed E-state index contributed by atoms with van der Waals surface area (Å²) in [6, 6.07) is 1.76. The first kappa shape index (κ1) is 13.1. The number of aromatic nitrogens is 2. The van der Waals surface area contributed by atoms with Gasteiger partial charge in [-0.1, -0.05) is 6.92 Å². The van der Waals surface area contributed by atoms with Crippen molar-refractivity contribution in [1.29, 1.82) is 0 Å². The molecule has 1 atom stereocenters. The van der Waals surface area contributed by atoms with Crippen molar-refractivity contribution < 1.29 is 9.59 Å². The fourth-order valence-electron chi connectivity index (χ4n) is 2.68. The van der Waals surface area contributed by atoms with E-state index >= 15 is 0 Å². The molecule has 0 spiro atoms. The Morgan fingerprint density at radius 1 is 1.55 bits per heavy atom. The summed E-state index contributed by atoms with van der Waals surface area (Å²) < 4.78 is 1.82.